The Balaban J connectivity index is 1.61. The topological polar surface area (TPSA) is 29.5 Å². The van der Waals surface area contributed by atoms with Crippen LogP contribution in [0.1, 0.15) is 43.2 Å². The number of hydrogen-bond donors (Lipinski definition) is 1. The van der Waals surface area contributed by atoms with Gasteiger partial charge in [-0.3, -0.25) is 0 Å². The minimum Gasteiger partial charge on any atom is -0.385 e. The Morgan fingerprint density at radius 3 is 2.81 bits per heavy atom. The molecule has 1 aliphatic carbocycles. The molecule has 2 saturated heterocycles. The van der Waals surface area contributed by atoms with Crippen molar-refractivity contribution < 1.29 is 9.84 Å². The van der Waals surface area contributed by atoms with E-state index in [9.17, 15) is 5.11 Å². The smallest absolute Gasteiger partial charge is 0.0932 e. The fourth-order valence-electron chi connectivity index (χ4n) is 4.57. The van der Waals surface area contributed by atoms with Gasteiger partial charge >= 0.3 is 0 Å². The zero-order valence-corrected chi connectivity index (χ0v) is 13.3. The Hall–Kier alpha value is -0.510. The van der Waals surface area contributed by atoms with Gasteiger partial charge in [0.05, 0.1) is 11.2 Å². The van der Waals surface area contributed by atoms with Crippen molar-refractivity contribution in [2.24, 2.45) is 5.92 Å². The van der Waals surface area contributed by atoms with Crippen molar-refractivity contribution in [2.45, 2.75) is 49.7 Å². The highest BCUT2D eigenvalue weighted by molar-refractivity contribution is 7.99. The molecule has 1 aromatic rings. The first-order valence-corrected chi connectivity index (χ1v) is 9.40. The minimum absolute atomic E-state index is 0.0570. The molecule has 0 bridgehead atoms. The molecule has 2 atom stereocenters. The van der Waals surface area contributed by atoms with Crippen molar-refractivity contribution in [3.05, 3.63) is 35.4 Å². The summed E-state index contributed by atoms with van der Waals surface area (Å²) in [6, 6.07) is 8.48. The van der Waals surface area contributed by atoms with Crippen LogP contribution >= 0.6 is 11.8 Å². The van der Waals surface area contributed by atoms with Gasteiger partial charge in [-0.1, -0.05) is 24.3 Å². The zero-order valence-electron chi connectivity index (χ0n) is 12.5. The molecule has 114 valence electrons. The third kappa shape index (κ3) is 2.34. The molecule has 2 heterocycles. The Morgan fingerprint density at radius 2 is 1.95 bits per heavy atom. The molecule has 1 spiro atoms. The van der Waals surface area contributed by atoms with Gasteiger partial charge in [-0.2, -0.15) is 11.8 Å². The number of ether oxygens (including phenoxy) is 1. The molecule has 2 nitrogen and oxygen atoms in total. The summed E-state index contributed by atoms with van der Waals surface area (Å²) in [5.41, 5.74) is 1.98. The second-order valence-electron chi connectivity index (χ2n) is 6.91. The lowest BCUT2D eigenvalue weighted by Crippen LogP contribution is -2.48. The quantitative estimate of drug-likeness (QED) is 0.861. The van der Waals surface area contributed by atoms with Gasteiger partial charge in [-0.05, 0) is 67.1 Å². The molecule has 0 radical (unpaired) electrons. The average Bonchev–Trinajstić information content (AvgIpc) is 2.87. The highest BCUT2D eigenvalue weighted by Gasteiger charge is 2.49. The molecule has 2 aliphatic heterocycles. The summed E-state index contributed by atoms with van der Waals surface area (Å²) in [5.74, 6) is 2.78. The summed E-state index contributed by atoms with van der Waals surface area (Å²) < 4.78 is 6.20. The molecule has 0 aromatic heterocycles. The van der Waals surface area contributed by atoms with E-state index in [4.69, 9.17) is 4.74 Å². The van der Waals surface area contributed by atoms with Crippen molar-refractivity contribution in [2.75, 3.05) is 18.1 Å². The molecular formula is C18H24O2S. The van der Waals surface area contributed by atoms with Crippen LogP contribution < -0.4 is 0 Å². The number of fused-ring (bicyclic) bond motifs is 1. The minimum atomic E-state index is -0.613. The summed E-state index contributed by atoms with van der Waals surface area (Å²) >= 11 is 2.04. The molecule has 21 heavy (non-hydrogen) atoms. The van der Waals surface area contributed by atoms with Gasteiger partial charge in [0, 0.05) is 6.61 Å². The van der Waals surface area contributed by atoms with Crippen molar-refractivity contribution in [3.63, 3.8) is 0 Å². The van der Waals surface area contributed by atoms with Crippen LogP contribution in [0.25, 0.3) is 0 Å². The fourth-order valence-corrected chi connectivity index (χ4v) is 5.81. The maximum absolute atomic E-state index is 11.4. The van der Waals surface area contributed by atoms with E-state index in [-0.39, 0.29) is 5.60 Å². The molecular weight excluding hydrogens is 280 g/mol. The van der Waals surface area contributed by atoms with E-state index in [1.54, 1.807) is 0 Å². The molecule has 3 heteroatoms. The standard InChI is InChI=1S/C18H24O2S/c19-18(7-5-14-3-1-2-4-16(14)18)15-6-10-20-17(13-15)8-11-21-12-9-17/h1-4,15,19H,5-13H2. The van der Waals surface area contributed by atoms with E-state index >= 15 is 0 Å². The van der Waals surface area contributed by atoms with Gasteiger partial charge in [-0.25, -0.2) is 0 Å². The van der Waals surface area contributed by atoms with Crippen molar-refractivity contribution in [1.82, 2.24) is 0 Å². The van der Waals surface area contributed by atoms with Crippen molar-refractivity contribution in [1.29, 1.82) is 0 Å². The summed E-state index contributed by atoms with van der Waals surface area (Å²) in [4.78, 5) is 0. The number of rotatable bonds is 1. The van der Waals surface area contributed by atoms with E-state index in [0.717, 1.165) is 45.1 Å². The van der Waals surface area contributed by atoms with Crippen molar-refractivity contribution >= 4 is 11.8 Å². The second-order valence-corrected chi connectivity index (χ2v) is 8.14. The van der Waals surface area contributed by atoms with Crippen LogP contribution in [0.3, 0.4) is 0 Å². The number of aryl methyl sites for hydroxylation is 1. The van der Waals surface area contributed by atoms with Gasteiger partial charge in [-0.15, -0.1) is 0 Å². The molecule has 3 aliphatic rings. The predicted molar refractivity (Wildman–Crippen MR) is 86.6 cm³/mol. The zero-order chi connectivity index (χ0) is 14.3. The lowest BCUT2D eigenvalue weighted by Gasteiger charge is -2.47. The maximum Gasteiger partial charge on any atom is 0.0932 e. The lowest BCUT2D eigenvalue weighted by atomic mass is 9.71. The second kappa shape index (κ2) is 5.29. The van der Waals surface area contributed by atoms with E-state index in [1.807, 2.05) is 11.8 Å². The Morgan fingerprint density at radius 1 is 1.14 bits per heavy atom. The fraction of sp³-hybridized carbons (Fsp3) is 0.667. The molecule has 1 aromatic carbocycles. The maximum atomic E-state index is 11.4. The van der Waals surface area contributed by atoms with Gasteiger partial charge in [0.25, 0.3) is 0 Å². The number of benzene rings is 1. The van der Waals surface area contributed by atoms with Gasteiger partial charge in [0.2, 0.25) is 0 Å². The molecule has 2 fully saturated rings. The highest BCUT2D eigenvalue weighted by Crippen LogP contribution is 2.50. The average molecular weight is 304 g/mol. The number of hydrogen-bond acceptors (Lipinski definition) is 3. The number of thioether (sulfide) groups is 1. The van der Waals surface area contributed by atoms with E-state index in [2.05, 4.69) is 24.3 Å². The van der Waals surface area contributed by atoms with Gasteiger partial charge in [0.1, 0.15) is 0 Å². The van der Waals surface area contributed by atoms with Gasteiger partial charge < -0.3 is 9.84 Å². The first-order valence-electron chi connectivity index (χ1n) is 8.24. The van der Waals surface area contributed by atoms with E-state index in [0.29, 0.717) is 5.92 Å². The third-order valence-corrected chi connectivity index (χ3v) is 6.82. The molecule has 0 saturated carbocycles. The van der Waals surface area contributed by atoms with Crippen LogP contribution in [-0.4, -0.2) is 28.8 Å². The monoisotopic (exact) mass is 304 g/mol. The van der Waals surface area contributed by atoms with Crippen LogP contribution in [0.2, 0.25) is 0 Å². The summed E-state index contributed by atoms with van der Waals surface area (Å²) in [5, 5.41) is 11.4. The van der Waals surface area contributed by atoms with Gasteiger partial charge in [0.15, 0.2) is 0 Å². The normalized spacial score (nSPS) is 34.8. The lowest BCUT2D eigenvalue weighted by molar-refractivity contribution is -0.149. The first-order chi connectivity index (χ1) is 10.2. The molecule has 2 unspecified atom stereocenters. The van der Waals surface area contributed by atoms with Crippen LogP contribution in [-0.2, 0) is 16.8 Å². The van der Waals surface area contributed by atoms with Crippen LogP contribution in [0.5, 0.6) is 0 Å². The Bertz CT molecular complexity index is 518. The Kier molecular flexibility index (Phi) is 3.55. The van der Waals surface area contributed by atoms with Crippen LogP contribution in [0.4, 0.5) is 0 Å². The molecule has 4 rings (SSSR count). The van der Waals surface area contributed by atoms with E-state index in [1.165, 1.54) is 22.6 Å². The van der Waals surface area contributed by atoms with E-state index < -0.39 is 5.60 Å². The molecule has 1 N–H and O–H groups in total. The largest absolute Gasteiger partial charge is 0.385 e. The highest BCUT2D eigenvalue weighted by atomic mass is 32.2. The summed E-state index contributed by atoms with van der Waals surface area (Å²) in [6.07, 6.45) is 6.27. The predicted octanol–water partition coefficient (Wildman–Crippen LogP) is 3.51. The molecule has 0 amide bonds. The van der Waals surface area contributed by atoms with Crippen LogP contribution in [0, 0.1) is 5.92 Å². The number of aliphatic hydroxyl groups is 1. The third-order valence-electron chi connectivity index (χ3n) is 5.83. The summed E-state index contributed by atoms with van der Waals surface area (Å²) in [7, 11) is 0. The first kappa shape index (κ1) is 14.1. The van der Waals surface area contributed by atoms with Crippen molar-refractivity contribution in [3.8, 4) is 0 Å². The summed E-state index contributed by atoms with van der Waals surface area (Å²) in [6.45, 7) is 0.819. The Labute approximate surface area is 131 Å². The SMILES string of the molecule is OC1(C2CCOC3(CCSCC3)C2)CCc2ccccc21. The van der Waals surface area contributed by atoms with Crippen LogP contribution in [0.15, 0.2) is 24.3 Å².